The molecule has 0 saturated heterocycles. The molecule has 3 rings (SSSR count). The van der Waals surface area contributed by atoms with E-state index in [1.807, 2.05) is 23.6 Å². The van der Waals surface area contributed by atoms with Gasteiger partial charge >= 0.3 is 5.63 Å². The predicted octanol–water partition coefficient (Wildman–Crippen LogP) is 3.93. The maximum atomic E-state index is 11.9. The van der Waals surface area contributed by atoms with Crippen molar-refractivity contribution < 1.29 is 9.15 Å². The molecule has 2 aromatic heterocycles. The van der Waals surface area contributed by atoms with Crippen LogP contribution in [-0.2, 0) is 23.5 Å². The second-order valence-electron chi connectivity index (χ2n) is 5.83. The fourth-order valence-corrected chi connectivity index (χ4v) is 3.94. The van der Waals surface area contributed by atoms with Crippen LogP contribution in [0.5, 0.6) is 0 Å². The van der Waals surface area contributed by atoms with Crippen molar-refractivity contribution in [2.24, 2.45) is 0 Å². The molecule has 2 heterocycles. The van der Waals surface area contributed by atoms with Crippen LogP contribution in [-0.4, -0.2) is 28.5 Å². The fraction of sp³-hybridized carbons (Fsp3) is 0.389. The number of aromatic nitrogens is 3. The van der Waals surface area contributed by atoms with Gasteiger partial charge in [0, 0.05) is 42.5 Å². The Morgan fingerprint density at radius 3 is 2.92 bits per heavy atom. The predicted molar refractivity (Wildman–Crippen MR) is 103 cm³/mol. The first kappa shape index (κ1) is 18.9. The van der Waals surface area contributed by atoms with Gasteiger partial charge in [-0.05, 0) is 36.1 Å². The monoisotopic (exact) mass is 393 g/mol. The van der Waals surface area contributed by atoms with Crippen LogP contribution >= 0.6 is 23.4 Å². The minimum absolute atomic E-state index is 0.362. The van der Waals surface area contributed by atoms with E-state index in [4.69, 9.17) is 20.8 Å². The summed E-state index contributed by atoms with van der Waals surface area (Å²) < 4.78 is 12.4. The van der Waals surface area contributed by atoms with Gasteiger partial charge in [-0.2, -0.15) is 0 Å². The van der Waals surface area contributed by atoms with E-state index in [0.717, 1.165) is 41.1 Å². The van der Waals surface area contributed by atoms with Crippen LogP contribution in [0, 0.1) is 0 Å². The molecular formula is C18H20ClN3O3S. The molecule has 0 unspecified atom stereocenters. The summed E-state index contributed by atoms with van der Waals surface area (Å²) in [5.41, 5.74) is 2.04. The first-order valence-corrected chi connectivity index (χ1v) is 9.73. The fourth-order valence-electron chi connectivity index (χ4n) is 2.71. The minimum atomic E-state index is -0.362. The lowest BCUT2D eigenvalue weighted by Gasteiger charge is -2.09. The molecule has 0 radical (unpaired) electrons. The van der Waals surface area contributed by atoms with Crippen LogP contribution in [0.3, 0.4) is 0 Å². The highest BCUT2D eigenvalue weighted by molar-refractivity contribution is 7.98. The number of halogens is 1. The number of hydrogen-bond acceptors (Lipinski definition) is 6. The van der Waals surface area contributed by atoms with Crippen molar-refractivity contribution in [3.05, 3.63) is 51.1 Å². The largest absolute Gasteiger partial charge is 0.423 e. The van der Waals surface area contributed by atoms with Crippen LogP contribution in [0.15, 0.2) is 38.9 Å². The molecule has 8 heteroatoms. The summed E-state index contributed by atoms with van der Waals surface area (Å²) in [5.74, 6) is 0.576. The second kappa shape index (κ2) is 8.70. The van der Waals surface area contributed by atoms with E-state index >= 15 is 0 Å². The highest BCUT2D eigenvalue weighted by Crippen LogP contribution is 2.29. The van der Waals surface area contributed by atoms with E-state index in [-0.39, 0.29) is 5.63 Å². The van der Waals surface area contributed by atoms with Gasteiger partial charge in [-0.15, -0.1) is 10.2 Å². The van der Waals surface area contributed by atoms with E-state index < -0.39 is 0 Å². The lowest BCUT2D eigenvalue weighted by Crippen LogP contribution is -2.03. The molecule has 0 fully saturated rings. The number of rotatable bonds is 8. The average Bonchev–Trinajstić information content (AvgIpc) is 3.07. The maximum Gasteiger partial charge on any atom is 0.336 e. The number of fused-ring (bicyclic) bond motifs is 1. The zero-order valence-electron chi connectivity index (χ0n) is 14.7. The molecule has 0 bridgehead atoms. The zero-order chi connectivity index (χ0) is 18.5. The first-order chi connectivity index (χ1) is 12.6. The number of aryl methyl sites for hydroxylation is 2. The smallest absolute Gasteiger partial charge is 0.336 e. The van der Waals surface area contributed by atoms with E-state index in [0.29, 0.717) is 23.0 Å². The normalized spacial score (nSPS) is 11.3. The molecule has 0 atom stereocenters. The zero-order valence-corrected chi connectivity index (χ0v) is 16.3. The SMILES string of the molecule is CCc1cc2oc(=O)cc(CSc3nncn3CCCOC)c2cc1Cl. The molecule has 138 valence electrons. The lowest BCUT2D eigenvalue weighted by molar-refractivity contribution is 0.189. The Morgan fingerprint density at radius 1 is 1.31 bits per heavy atom. The second-order valence-corrected chi connectivity index (χ2v) is 7.18. The first-order valence-electron chi connectivity index (χ1n) is 8.37. The van der Waals surface area contributed by atoms with Crippen molar-refractivity contribution >= 4 is 34.3 Å². The number of nitrogens with zero attached hydrogens (tertiary/aromatic N) is 3. The van der Waals surface area contributed by atoms with Gasteiger partial charge < -0.3 is 13.7 Å². The van der Waals surface area contributed by atoms with Gasteiger partial charge in [0.25, 0.3) is 0 Å². The van der Waals surface area contributed by atoms with Gasteiger partial charge in [0.15, 0.2) is 5.16 Å². The number of benzene rings is 1. The molecule has 0 amide bonds. The molecule has 3 aromatic rings. The number of ether oxygens (including phenoxy) is 1. The molecule has 6 nitrogen and oxygen atoms in total. The Hall–Kier alpha value is -1.83. The van der Waals surface area contributed by atoms with Crippen LogP contribution in [0.2, 0.25) is 5.02 Å². The highest BCUT2D eigenvalue weighted by atomic mass is 35.5. The summed E-state index contributed by atoms with van der Waals surface area (Å²) in [6.45, 7) is 3.48. The Labute approximate surface area is 160 Å². The Balaban J connectivity index is 1.84. The van der Waals surface area contributed by atoms with Gasteiger partial charge in [-0.1, -0.05) is 30.3 Å². The molecule has 0 N–H and O–H groups in total. The summed E-state index contributed by atoms with van der Waals surface area (Å²) in [6, 6.07) is 5.24. The van der Waals surface area contributed by atoms with Crippen LogP contribution < -0.4 is 5.63 Å². The van der Waals surface area contributed by atoms with Gasteiger partial charge in [0.05, 0.1) is 0 Å². The summed E-state index contributed by atoms with van der Waals surface area (Å²) in [5, 5.41) is 10.5. The quantitative estimate of drug-likeness (QED) is 0.328. The third-order valence-electron chi connectivity index (χ3n) is 4.06. The van der Waals surface area contributed by atoms with Crippen molar-refractivity contribution in [1.29, 1.82) is 0 Å². The van der Waals surface area contributed by atoms with Crippen molar-refractivity contribution in [3.8, 4) is 0 Å². The van der Waals surface area contributed by atoms with Crippen molar-refractivity contribution in [2.75, 3.05) is 13.7 Å². The number of hydrogen-bond donors (Lipinski definition) is 0. The number of methoxy groups -OCH3 is 1. The lowest BCUT2D eigenvalue weighted by atomic mass is 10.1. The summed E-state index contributed by atoms with van der Waals surface area (Å²) in [7, 11) is 1.68. The van der Waals surface area contributed by atoms with Gasteiger partial charge in [-0.25, -0.2) is 4.79 Å². The van der Waals surface area contributed by atoms with E-state index in [9.17, 15) is 4.79 Å². The third-order valence-corrected chi connectivity index (χ3v) is 5.44. The summed E-state index contributed by atoms with van der Waals surface area (Å²) >= 11 is 7.88. The summed E-state index contributed by atoms with van der Waals surface area (Å²) in [6.07, 6.45) is 3.37. The number of thioether (sulfide) groups is 1. The average molecular weight is 394 g/mol. The molecule has 0 aliphatic rings. The molecule has 0 spiro atoms. The van der Waals surface area contributed by atoms with Crippen LogP contribution in [0.4, 0.5) is 0 Å². The molecule has 0 saturated carbocycles. The Morgan fingerprint density at radius 2 is 2.15 bits per heavy atom. The van der Waals surface area contributed by atoms with Crippen molar-refractivity contribution in [2.45, 2.75) is 37.2 Å². The third kappa shape index (κ3) is 4.28. The Bertz CT molecular complexity index is 954. The van der Waals surface area contributed by atoms with E-state index in [1.165, 1.54) is 17.8 Å². The highest BCUT2D eigenvalue weighted by Gasteiger charge is 2.12. The van der Waals surface area contributed by atoms with E-state index in [1.54, 1.807) is 13.4 Å². The molecule has 0 aliphatic carbocycles. The standard InChI is InChI=1S/C18H20ClN3O3S/c1-3-12-7-16-14(9-15(12)19)13(8-17(23)25-16)10-26-18-21-20-11-22(18)5-4-6-24-2/h7-9,11H,3-6,10H2,1-2H3. The molecular weight excluding hydrogens is 374 g/mol. The van der Waals surface area contributed by atoms with Crippen LogP contribution in [0.1, 0.15) is 24.5 Å². The van der Waals surface area contributed by atoms with Gasteiger partial charge in [0.2, 0.25) is 0 Å². The van der Waals surface area contributed by atoms with Crippen molar-refractivity contribution in [1.82, 2.24) is 14.8 Å². The Kier molecular flexibility index (Phi) is 6.34. The van der Waals surface area contributed by atoms with Gasteiger partial charge in [-0.3, -0.25) is 0 Å². The molecule has 0 aliphatic heterocycles. The van der Waals surface area contributed by atoms with Gasteiger partial charge in [0.1, 0.15) is 11.9 Å². The van der Waals surface area contributed by atoms with E-state index in [2.05, 4.69) is 10.2 Å². The maximum absolute atomic E-state index is 11.9. The molecule has 26 heavy (non-hydrogen) atoms. The summed E-state index contributed by atoms with van der Waals surface area (Å²) in [4.78, 5) is 11.9. The minimum Gasteiger partial charge on any atom is -0.423 e. The topological polar surface area (TPSA) is 70.2 Å². The van der Waals surface area contributed by atoms with Crippen LogP contribution in [0.25, 0.3) is 11.0 Å². The van der Waals surface area contributed by atoms with Crippen molar-refractivity contribution in [3.63, 3.8) is 0 Å². The molecule has 1 aromatic carbocycles.